The van der Waals surface area contributed by atoms with Gasteiger partial charge in [0.05, 0.1) is 6.10 Å². The molecule has 0 N–H and O–H groups in total. The largest absolute Gasteiger partial charge is 0.377 e. The highest BCUT2D eigenvalue weighted by atomic mass is 35.5. The molecule has 2 heterocycles. The summed E-state index contributed by atoms with van der Waals surface area (Å²) < 4.78 is 5.69. The van der Waals surface area contributed by atoms with Crippen molar-refractivity contribution in [2.24, 2.45) is 5.92 Å². The van der Waals surface area contributed by atoms with Gasteiger partial charge in [0.15, 0.2) is 0 Å². The molecule has 0 radical (unpaired) electrons. The first kappa shape index (κ1) is 15.1. The Morgan fingerprint density at radius 3 is 2.84 bits per heavy atom. The van der Waals surface area contributed by atoms with E-state index in [0.717, 1.165) is 45.8 Å². The highest BCUT2D eigenvalue weighted by molar-refractivity contribution is 6.19. The van der Waals surface area contributed by atoms with Gasteiger partial charge in [-0.1, -0.05) is 6.92 Å². The summed E-state index contributed by atoms with van der Waals surface area (Å²) in [6, 6.07) is 0. The van der Waals surface area contributed by atoms with E-state index in [0.29, 0.717) is 12.0 Å². The maximum Gasteiger partial charge on any atom is 0.226 e. The van der Waals surface area contributed by atoms with Crippen molar-refractivity contribution in [3.05, 3.63) is 0 Å². The van der Waals surface area contributed by atoms with Crippen LogP contribution in [0.5, 0.6) is 0 Å². The van der Waals surface area contributed by atoms with Crippen LogP contribution in [0.3, 0.4) is 0 Å². The molecule has 0 aromatic rings. The van der Waals surface area contributed by atoms with Crippen LogP contribution in [0.15, 0.2) is 0 Å². The molecule has 2 rings (SSSR count). The Morgan fingerprint density at radius 1 is 1.32 bits per heavy atom. The molecule has 2 unspecified atom stereocenters. The van der Waals surface area contributed by atoms with E-state index in [1.54, 1.807) is 0 Å². The zero-order chi connectivity index (χ0) is 13.7. The number of ether oxygens (including phenoxy) is 1. The predicted molar refractivity (Wildman–Crippen MR) is 76.5 cm³/mol. The zero-order valence-corrected chi connectivity index (χ0v) is 12.6. The van der Waals surface area contributed by atoms with Gasteiger partial charge in [-0.25, -0.2) is 0 Å². The van der Waals surface area contributed by atoms with Crippen molar-refractivity contribution in [2.45, 2.75) is 32.3 Å². The third-order valence-electron chi connectivity index (χ3n) is 4.04. The highest BCUT2D eigenvalue weighted by Gasteiger charge is 2.25. The molecule has 2 saturated heterocycles. The van der Waals surface area contributed by atoms with Crippen molar-refractivity contribution in [1.82, 2.24) is 9.80 Å². The molecule has 0 bridgehead atoms. The third kappa shape index (κ3) is 4.33. The van der Waals surface area contributed by atoms with Gasteiger partial charge in [-0.3, -0.25) is 9.69 Å². The van der Waals surface area contributed by atoms with Crippen molar-refractivity contribution in [3.8, 4) is 0 Å². The number of halogens is 1. The van der Waals surface area contributed by atoms with E-state index >= 15 is 0 Å². The smallest absolute Gasteiger partial charge is 0.226 e. The summed E-state index contributed by atoms with van der Waals surface area (Å²) in [5.41, 5.74) is 0. The third-order valence-corrected chi connectivity index (χ3v) is 4.50. The molecule has 2 aliphatic heterocycles. The maximum absolute atomic E-state index is 12.1. The van der Waals surface area contributed by atoms with Gasteiger partial charge in [0.25, 0.3) is 0 Å². The fourth-order valence-corrected chi connectivity index (χ4v) is 2.96. The van der Waals surface area contributed by atoms with Crippen LogP contribution in [0.2, 0.25) is 0 Å². The van der Waals surface area contributed by atoms with Crippen molar-refractivity contribution in [1.29, 1.82) is 0 Å². The van der Waals surface area contributed by atoms with Gasteiger partial charge in [-0.05, 0) is 25.8 Å². The fraction of sp³-hybridized carbons (Fsp3) is 0.929. The van der Waals surface area contributed by atoms with Crippen LogP contribution in [0.25, 0.3) is 0 Å². The second kappa shape index (κ2) is 7.46. The lowest BCUT2D eigenvalue weighted by Crippen LogP contribution is -2.39. The Bertz CT molecular complexity index is 295. The standard InChI is InChI=1S/C14H25ClN2O2/c1-12(10-15)14(18)17-6-3-5-16(7-8-17)11-13-4-2-9-19-13/h12-13H,2-11H2,1H3. The normalized spacial score (nSPS) is 27.3. The van der Waals surface area contributed by atoms with Gasteiger partial charge in [0.1, 0.15) is 0 Å². The van der Waals surface area contributed by atoms with Gasteiger partial charge in [0.2, 0.25) is 5.91 Å². The van der Waals surface area contributed by atoms with E-state index < -0.39 is 0 Å². The van der Waals surface area contributed by atoms with E-state index in [2.05, 4.69) is 4.90 Å². The summed E-state index contributed by atoms with van der Waals surface area (Å²) in [6.45, 7) is 7.56. The van der Waals surface area contributed by atoms with Gasteiger partial charge < -0.3 is 9.64 Å². The summed E-state index contributed by atoms with van der Waals surface area (Å²) in [7, 11) is 0. The maximum atomic E-state index is 12.1. The van der Waals surface area contributed by atoms with E-state index in [1.807, 2.05) is 11.8 Å². The molecule has 2 aliphatic rings. The highest BCUT2D eigenvalue weighted by Crippen LogP contribution is 2.15. The van der Waals surface area contributed by atoms with Crippen LogP contribution in [0.4, 0.5) is 0 Å². The lowest BCUT2D eigenvalue weighted by atomic mass is 10.2. The number of hydrogen-bond donors (Lipinski definition) is 0. The first-order valence-electron chi connectivity index (χ1n) is 7.39. The molecular weight excluding hydrogens is 264 g/mol. The minimum Gasteiger partial charge on any atom is -0.377 e. The Hall–Kier alpha value is -0.320. The lowest BCUT2D eigenvalue weighted by molar-refractivity contribution is -0.134. The summed E-state index contributed by atoms with van der Waals surface area (Å²) in [5, 5.41) is 0. The van der Waals surface area contributed by atoms with Crippen LogP contribution >= 0.6 is 11.6 Å². The molecule has 2 atom stereocenters. The van der Waals surface area contributed by atoms with Crippen molar-refractivity contribution >= 4 is 17.5 Å². The van der Waals surface area contributed by atoms with E-state index in [4.69, 9.17) is 16.3 Å². The quantitative estimate of drug-likeness (QED) is 0.736. The zero-order valence-electron chi connectivity index (χ0n) is 11.8. The van der Waals surface area contributed by atoms with Crippen LogP contribution < -0.4 is 0 Å². The first-order valence-corrected chi connectivity index (χ1v) is 7.93. The number of nitrogens with zero attached hydrogens (tertiary/aromatic N) is 2. The number of amides is 1. The van der Waals surface area contributed by atoms with E-state index in [1.165, 1.54) is 12.8 Å². The minimum atomic E-state index is -0.0635. The number of alkyl halides is 1. The van der Waals surface area contributed by atoms with Crippen molar-refractivity contribution < 1.29 is 9.53 Å². The number of carbonyl (C=O) groups excluding carboxylic acids is 1. The van der Waals surface area contributed by atoms with Crippen LogP contribution in [0, 0.1) is 5.92 Å². The Labute approximate surface area is 121 Å². The van der Waals surface area contributed by atoms with Crippen LogP contribution in [-0.4, -0.2) is 67.0 Å². The molecule has 2 fully saturated rings. The van der Waals surface area contributed by atoms with E-state index in [9.17, 15) is 4.79 Å². The monoisotopic (exact) mass is 288 g/mol. The number of carbonyl (C=O) groups is 1. The van der Waals surface area contributed by atoms with Crippen LogP contribution in [0.1, 0.15) is 26.2 Å². The molecule has 0 spiro atoms. The summed E-state index contributed by atoms with van der Waals surface area (Å²) in [6.07, 6.45) is 3.83. The second-order valence-electron chi connectivity index (χ2n) is 5.67. The topological polar surface area (TPSA) is 32.8 Å². The molecule has 0 saturated carbocycles. The average molecular weight is 289 g/mol. The van der Waals surface area contributed by atoms with Gasteiger partial charge in [-0.2, -0.15) is 0 Å². The lowest BCUT2D eigenvalue weighted by Gasteiger charge is -2.25. The van der Waals surface area contributed by atoms with E-state index in [-0.39, 0.29) is 11.8 Å². The SMILES string of the molecule is CC(CCl)C(=O)N1CCCN(CC2CCCO2)CC1. The number of hydrogen-bond acceptors (Lipinski definition) is 3. The van der Waals surface area contributed by atoms with Gasteiger partial charge in [-0.15, -0.1) is 11.6 Å². The Morgan fingerprint density at radius 2 is 2.16 bits per heavy atom. The summed E-state index contributed by atoms with van der Waals surface area (Å²) in [4.78, 5) is 16.5. The molecule has 1 amide bonds. The summed E-state index contributed by atoms with van der Waals surface area (Å²) in [5.74, 6) is 0.551. The molecule has 0 aromatic carbocycles. The molecule has 0 aliphatic carbocycles. The molecular formula is C14H25ClN2O2. The molecule has 5 heteroatoms. The van der Waals surface area contributed by atoms with Crippen molar-refractivity contribution in [3.63, 3.8) is 0 Å². The van der Waals surface area contributed by atoms with Crippen LogP contribution in [-0.2, 0) is 9.53 Å². The average Bonchev–Trinajstić information content (AvgIpc) is 2.82. The second-order valence-corrected chi connectivity index (χ2v) is 5.98. The molecule has 110 valence electrons. The molecule has 0 aromatic heterocycles. The summed E-state index contributed by atoms with van der Waals surface area (Å²) >= 11 is 5.77. The minimum absolute atomic E-state index is 0.0635. The van der Waals surface area contributed by atoms with Gasteiger partial charge in [0, 0.05) is 44.6 Å². The number of rotatable bonds is 4. The Balaban J connectivity index is 1.78. The first-order chi connectivity index (χ1) is 9.20. The molecule has 19 heavy (non-hydrogen) atoms. The predicted octanol–water partition coefficient (Wildman–Crippen LogP) is 1.57. The van der Waals surface area contributed by atoms with Crippen molar-refractivity contribution in [2.75, 3.05) is 45.2 Å². The Kier molecular flexibility index (Phi) is 5.92. The molecule has 4 nitrogen and oxygen atoms in total. The fourth-order valence-electron chi connectivity index (χ4n) is 2.83. The van der Waals surface area contributed by atoms with Gasteiger partial charge >= 0.3 is 0 Å².